The van der Waals surface area contributed by atoms with Gasteiger partial charge in [-0.1, -0.05) is 23.7 Å². The summed E-state index contributed by atoms with van der Waals surface area (Å²) in [7, 11) is 0. The Balaban J connectivity index is 1.71. The van der Waals surface area contributed by atoms with E-state index in [0.29, 0.717) is 46.1 Å². The standard InChI is InChI=1S/C22H22ClF3O6/c23-16-11(7-10-1-3-12(4-2-10)22(24,25)26)8-14(20-13(16)5-6-31-20)21-19(30)18(29)17(28)15(9-27)32-21/h1-4,8,15,17-19,21,27-30H,5-7,9H2/t15-,17-,18+,19-,21+/m1/s1. The fourth-order valence-corrected chi connectivity index (χ4v) is 4.47. The van der Waals surface area contributed by atoms with Crippen LogP contribution in [0.25, 0.3) is 0 Å². The average molecular weight is 475 g/mol. The van der Waals surface area contributed by atoms with E-state index in [1.54, 1.807) is 6.07 Å². The molecule has 10 heteroatoms. The maximum atomic E-state index is 12.8. The van der Waals surface area contributed by atoms with Gasteiger partial charge in [0.05, 0.1) is 23.8 Å². The second-order valence-corrected chi connectivity index (χ2v) is 8.34. The lowest BCUT2D eigenvalue weighted by Gasteiger charge is -2.40. The first-order valence-corrected chi connectivity index (χ1v) is 10.4. The Kier molecular flexibility index (Phi) is 6.41. The quantitative estimate of drug-likeness (QED) is 0.543. The van der Waals surface area contributed by atoms with Crippen molar-refractivity contribution >= 4 is 11.6 Å². The molecule has 0 unspecified atom stereocenters. The summed E-state index contributed by atoms with van der Waals surface area (Å²) in [6.07, 6.45) is -10.5. The van der Waals surface area contributed by atoms with E-state index >= 15 is 0 Å². The largest absolute Gasteiger partial charge is 0.493 e. The summed E-state index contributed by atoms with van der Waals surface area (Å²) in [5.41, 5.74) is 1.49. The summed E-state index contributed by atoms with van der Waals surface area (Å²) in [6, 6.07) is 6.36. The highest BCUT2D eigenvalue weighted by Crippen LogP contribution is 2.45. The Morgan fingerprint density at radius 2 is 1.72 bits per heavy atom. The first-order valence-electron chi connectivity index (χ1n) is 10.1. The van der Waals surface area contributed by atoms with Crippen molar-refractivity contribution in [3.63, 3.8) is 0 Å². The summed E-state index contributed by atoms with van der Waals surface area (Å²) in [6.45, 7) is -0.236. The van der Waals surface area contributed by atoms with Crippen LogP contribution in [0.5, 0.6) is 5.75 Å². The minimum atomic E-state index is -4.43. The molecular formula is C22H22ClF3O6. The van der Waals surface area contributed by atoms with Gasteiger partial charge in [0.15, 0.2) is 0 Å². The van der Waals surface area contributed by atoms with Crippen molar-refractivity contribution < 1.29 is 43.1 Å². The van der Waals surface area contributed by atoms with Gasteiger partial charge in [-0.25, -0.2) is 0 Å². The normalized spacial score (nSPS) is 27.8. The first kappa shape index (κ1) is 23.3. The summed E-state index contributed by atoms with van der Waals surface area (Å²) in [4.78, 5) is 0. The molecule has 0 aromatic heterocycles. The number of halogens is 4. The zero-order valence-corrected chi connectivity index (χ0v) is 17.5. The van der Waals surface area contributed by atoms with Crippen LogP contribution in [-0.2, 0) is 23.8 Å². The van der Waals surface area contributed by atoms with E-state index in [-0.39, 0.29) is 6.42 Å². The molecule has 2 aliphatic rings. The Hall–Kier alpha value is -1.88. The first-order chi connectivity index (χ1) is 15.1. The van der Waals surface area contributed by atoms with Crippen molar-refractivity contribution in [3.8, 4) is 5.75 Å². The molecule has 1 saturated heterocycles. The molecule has 0 saturated carbocycles. The third-order valence-electron chi connectivity index (χ3n) is 5.89. The van der Waals surface area contributed by atoms with Crippen molar-refractivity contribution in [3.05, 3.63) is 63.2 Å². The van der Waals surface area contributed by atoms with Gasteiger partial charge in [-0.15, -0.1) is 0 Å². The zero-order valence-electron chi connectivity index (χ0n) is 16.7. The van der Waals surface area contributed by atoms with Crippen LogP contribution >= 0.6 is 11.6 Å². The number of benzene rings is 2. The molecule has 4 N–H and O–H groups in total. The van der Waals surface area contributed by atoms with Gasteiger partial charge in [0, 0.05) is 17.5 Å². The maximum absolute atomic E-state index is 12.8. The van der Waals surface area contributed by atoms with Crippen LogP contribution in [-0.4, -0.2) is 58.1 Å². The molecular weight excluding hydrogens is 453 g/mol. The smallest absolute Gasteiger partial charge is 0.416 e. The van der Waals surface area contributed by atoms with Gasteiger partial charge in [0.1, 0.15) is 36.3 Å². The second kappa shape index (κ2) is 8.81. The molecule has 2 aromatic carbocycles. The minimum absolute atomic E-state index is 0.217. The Labute approximate surface area is 186 Å². The Morgan fingerprint density at radius 3 is 2.34 bits per heavy atom. The highest BCUT2D eigenvalue weighted by atomic mass is 35.5. The van der Waals surface area contributed by atoms with E-state index in [2.05, 4.69) is 0 Å². The van der Waals surface area contributed by atoms with Crippen molar-refractivity contribution in [2.45, 2.75) is 49.5 Å². The zero-order chi connectivity index (χ0) is 23.2. The lowest BCUT2D eigenvalue weighted by atomic mass is 9.88. The third kappa shape index (κ3) is 4.21. The molecule has 5 atom stereocenters. The van der Waals surface area contributed by atoms with Crippen molar-refractivity contribution in [1.82, 2.24) is 0 Å². The monoisotopic (exact) mass is 474 g/mol. The second-order valence-electron chi connectivity index (χ2n) is 7.97. The van der Waals surface area contributed by atoms with Crippen LogP contribution in [0.15, 0.2) is 30.3 Å². The van der Waals surface area contributed by atoms with E-state index in [0.717, 1.165) is 12.1 Å². The van der Waals surface area contributed by atoms with Crippen LogP contribution in [0.3, 0.4) is 0 Å². The molecule has 0 radical (unpaired) electrons. The SMILES string of the molecule is OC[C@H]1O[C@@H](c2cc(Cc3ccc(C(F)(F)F)cc3)c(Cl)c3c2OCC3)[C@H](O)[C@@H](O)[C@@H]1O. The van der Waals surface area contributed by atoms with E-state index in [4.69, 9.17) is 21.1 Å². The molecule has 0 aliphatic carbocycles. The van der Waals surface area contributed by atoms with Gasteiger partial charge in [0.25, 0.3) is 0 Å². The number of aliphatic hydroxyl groups excluding tert-OH is 4. The van der Waals surface area contributed by atoms with E-state index < -0.39 is 48.9 Å². The van der Waals surface area contributed by atoms with Crippen LogP contribution < -0.4 is 4.74 Å². The Morgan fingerprint density at radius 1 is 1.03 bits per heavy atom. The van der Waals surface area contributed by atoms with E-state index in [1.807, 2.05) is 0 Å². The predicted octanol–water partition coefficient (Wildman–Crippen LogP) is 2.40. The molecule has 2 aromatic rings. The average Bonchev–Trinajstić information content (AvgIpc) is 3.25. The van der Waals surface area contributed by atoms with Gasteiger partial charge in [-0.2, -0.15) is 13.2 Å². The van der Waals surface area contributed by atoms with Crippen LogP contribution in [0.4, 0.5) is 13.2 Å². The highest BCUT2D eigenvalue weighted by Gasteiger charge is 2.45. The van der Waals surface area contributed by atoms with E-state index in [9.17, 15) is 33.6 Å². The van der Waals surface area contributed by atoms with Crippen molar-refractivity contribution in [2.75, 3.05) is 13.2 Å². The van der Waals surface area contributed by atoms with Gasteiger partial charge in [-0.05, 0) is 35.7 Å². The molecule has 174 valence electrons. The maximum Gasteiger partial charge on any atom is 0.416 e. The summed E-state index contributed by atoms with van der Waals surface area (Å²) >= 11 is 6.57. The number of ether oxygens (including phenoxy) is 2. The lowest BCUT2D eigenvalue weighted by Crippen LogP contribution is -2.55. The number of hydrogen-bond donors (Lipinski definition) is 4. The molecule has 2 aliphatic heterocycles. The molecule has 6 nitrogen and oxygen atoms in total. The van der Waals surface area contributed by atoms with Gasteiger partial charge in [-0.3, -0.25) is 0 Å². The van der Waals surface area contributed by atoms with E-state index in [1.165, 1.54) is 12.1 Å². The molecule has 32 heavy (non-hydrogen) atoms. The number of rotatable bonds is 4. The molecule has 2 heterocycles. The van der Waals surface area contributed by atoms with Crippen LogP contribution in [0.2, 0.25) is 5.02 Å². The Bertz CT molecular complexity index is 979. The number of alkyl halides is 3. The topological polar surface area (TPSA) is 99.4 Å². The summed E-state index contributed by atoms with van der Waals surface area (Å²) < 4.78 is 49.9. The predicted molar refractivity (Wildman–Crippen MR) is 108 cm³/mol. The van der Waals surface area contributed by atoms with Crippen LogP contribution in [0.1, 0.15) is 33.9 Å². The number of aliphatic hydroxyl groups is 4. The number of hydrogen-bond acceptors (Lipinski definition) is 6. The molecule has 0 bridgehead atoms. The van der Waals surface area contributed by atoms with Crippen molar-refractivity contribution in [2.24, 2.45) is 0 Å². The fourth-order valence-electron chi connectivity index (χ4n) is 4.16. The molecule has 1 fully saturated rings. The minimum Gasteiger partial charge on any atom is -0.493 e. The van der Waals surface area contributed by atoms with Gasteiger partial charge in [0.2, 0.25) is 0 Å². The number of fused-ring (bicyclic) bond motifs is 1. The summed E-state index contributed by atoms with van der Waals surface area (Å²) in [5, 5.41) is 40.7. The van der Waals surface area contributed by atoms with Crippen molar-refractivity contribution in [1.29, 1.82) is 0 Å². The lowest BCUT2D eigenvalue weighted by molar-refractivity contribution is -0.232. The fraction of sp³-hybridized carbons (Fsp3) is 0.455. The molecule has 4 rings (SSSR count). The molecule has 0 amide bonds. The van der Waals surface area contributed by atoms with Gasteiger partial charge < -0.3 is 29.9 Å². The molecule has 0 spiro atoms. The summed E-state index contributed by atoms with van der Waals surface area (Å²) in [5.74, 6) is 0.399. The van der Waals surface area contributed by atoms with Crippen LogP contribution in [0, 0.1) is 0 Å². The van der Waals surface area contributed by atoms with Gasteiger partial charge >= 0.3 is 6.18 Å². The highest BCUT2D eigenvalue weighted by molar-refractivity contribution is 6.32. The third-order valence-corrected chi connectivity index (χ3v) is 6.36.